The number of hydrogen-bond donors (Lipinski definition) is 0. The molecule has 0 saturated heterocycles. The van der Waals surface area contributed by atoms with Crippen molar-refractivity contribution in [3.8, 4) is 5.75 Å². The Hall–Kier alpha value is -1.32. The number of nitrogens with zero attached hydrogens (tertiary/aromatic N) is 2. The molecule has 88 valence electrons. The van der Waals surface area contributed by atoms with E-state index in [9.17, 15) is 4.79 Å². The zero-order chi connectivity index (χ0) is 11.5. The van der Waals surface area contributed by atoms with Gasteiger partial charge in [0.2, 0.25) is 0 Å². The van der Waals surface area contributed by atoms with Crippen molar-refractivity contribution in [2.75, 3.05) is 7.11 Å². The second-order valence-electron chi connectivity index (χ2n) is 4.30. The summed E-state index contributed by atoms with van der Waals surface area (Å²) in [6.45, 7) is 2.68. The molecule has 0 spiro atoms. The van der Waals surface area contributed by atoms with Crippen molar-refractivity contribution < 1.29 is 9.53 Å². The minimum Gasteiger partial charge on any atom is -0.493 e. The smallest absolute Gasteiger partial charge is 0.184 e. The van der Waals surface area contributed by atoms with Gasteiger partial charge in [0, 0.05) is 13.0 Å². The molecular formula is C12H18N2O2. The number of aromatic nitrogens is 2. The summed E-state index contributed by atoms with van der Waals surface area (Å²) in [5.74, 6) is 1.35. The molecule has 0 atom stereocenters. The van der Waals surface area contributed by atoms with Crippen LogP contribution in [0.5, 0.6) is 5.75 Å². The maximum atomic E-state index is 12.1. The first-order valence-electron chi connectivity index (χ1n) is 5.89. The maximum Gasteiger partial charge on any atom is 0.184 e. The highest BCUT2D eigenvalue weighted by molar-refractivity contribution is 5.97. The van der Waals surface area contributed by atoms with Gasteiger partial charge in [0.1, 0.15) is 5.69 Å². The zero-order valence-electron chi connectivity index (χ0n) is 9.90. The van der Waals surface area contributed by atoms with Crippen LogP contribution in [0.2, 0.25) is 0 Å². The lowest BCUT2D eigenvalue weighted by Crippen LogP contribution is -2.18. The van der Waals surface area contributed by atoms with Gasteiger partial charge in [-0.25, -0.2) is 0 Å². The molecule has 16 heavy (non-hydrogen) atoms. The Bertz CT molecular complexity index is 359. The number of rotatable bonds is 5. The third-order valence-corrected chi connectivity index (χ3v) is 3.29. The van der Waals surface area contributed by atoms with E-state index < -0.39 is 0 Å². The topological polar surface area (TPSA) is 44.1 Å². The molecule has 0 aromatic carbocycles. The molecule has 0 radical (unpaired) electrons. The second-order valence-corrected chi connectivity index (χ2v) is 4.30. The minimum atomic E-state index is 0.168. The molecule has 1 aliphatic rings. The van der Waals surface area contributed by atoms with E-state index in [1.54, 1.807) is 18.0 Å². The summed E-state index contributed by atoms with van der Waals surface area (Å²) in [6.07, 6.45) is 5.91. The molecule has 1 saturated carbocycles. The number of ketones is 1. The first-order valence-corrected chi connectivity index (χ1v) is 5.89. The predicted octanol–water partition coefficient (Wildman–Crippen LogP) is 2.28. The Morgan fingerprint density at radius 1 is 1.62 bits per heavy atom. The summed E-state index contributed by atoms with van der Waals surface area (Å²) < 4.78 is 6.90. The van der Waals surface area contributed by atoms with E-state index >= 15 is 0 Å². The largest absolute Gasteiger partial charge is 0.493 e. The predicted molar refractivity (Wildman–Crippen MR) is 60.7 cm³/mol. The van der Waals surface area contributed by atoms with Crippen LogP contribution in [0.25, 0.3) is 0 Å². The quantitative estimate of drug-likeness (QED) is 0.718. The van der Waals surface area contributed by atoms with Gasteiger partial charge in [-0.2, -0.15) is 5.10 Å². The van der Waals surface area contributed by atoms with Crippen LogP contribution in [-0.2, 0) is 6.54 Å². The van der Waals surface area contributed by atoms with Crippen molar-refractivity contribution in [1.82, 2.24) is 9.78 Å². The average Bonchev–Trinajstić information content (AvgIpc) is 2.65. The molecule has 4 nitrogen and oxygen atoms in total. The summed E-state index contributed by atoms with van der Waals surface area (Å²) >= 11 is 0. The Kier molecular flexibility index (Phi) is 3.27. The number of methoxy groups -OCH3 is 1. The number of hydrogen-bond acceptors (Lipinski definition) is 3. The Morgan fingerprint density at radius 3 is 2.88 bits per heavy atom. The third kappa shape index (κ3) is 1.96. The van der Waals surface area contributed by atoms with Crippen molar-refractivity contribution in [3.63, 3.8) is 0 Å². The number of ether oxygens (including phenoxy) is 1. The normalized spacial score (nSPS) is 15.9. The summed E-state index contributed by atoms with van der Waals surface area (Å²) in [4.78, 5) is 12.1. The van der Waals surface area contributed by atoms with E-state index in [4.69, 9.17) is 4.74 Å². The highest BCUT2D eigenvalue weighted by Gasteiger charge is 2.25. The first kappa shape index (κ1) is 11.2. The molecule has 1 heterocycles. The van der Waals surface area contributed by atoms with Gasteiger partial charge < -0.3 is 4.74 Å². The van der Waals surface area contributed by atoms with Crippen molar-refractivity contribution >= 4 is 5.78 Å². The molecule has 0 amide bonds. The number of Topliss-reactive ketones (excluding diaryl/α,β-unsaturated/α-hetero) is 1. The molecule has 0 bridgehead atoms. The van der Waals surface area contributed by atoms with E-state index in [0.717, 1.165) is 0 Å². The van der Waals surface area contributed by atoms with E-state index in [0.29, 0.717) is 30.3 Å². The van der Waals surface area contributed by atoms with Gasteiger partial charge in [-0.15, -0.1) is 0 Å². The van der Waals surface area contributed by atoms with Crippen molar-refractivity contribution in [2.45, 2.75) is 39.2 Å². The van der Waals surface area contributed by atoms with Gasteiger partial charge in [0.05, 0.1) is 13.3 Å². The average molecular weight is 222 g/mol. The standard InChI is InChI=1S/C12H18N2O2/c1-3-14-12(11(16-2)8-13-14)10(15)7-9-5-4-6-9/h8-9H,3-7H2,1-2H3. The molecule has 4 heteroatoms. The SMILES string of the molecule is CCn1ncc(OC)c1C(=O)CC1CCC1. The number of aryl methyl sites for hydroxylation is 1. The molecule has 0 N–H and O–H groups in total. The fraction of sp³-hybridized carbons (Fsp3) is 0.667. The van der Waals surface area contributed by atoms with Gasteiger partial charge in [-0.1, -0.05) is 19.3 Å². The Morgan fingerprint density at radius 2 is 2.38 bits per heavy atom. The van der Waals surface area contributed by atoms with Crippen molar-refractivity contribution in [3.05, 3.63) is 11.9 Å². The van der Waals surface area contributed by atoms with Gasteiger partial charge in [0.25, 0.3) is 0 Å². The summed E-state index contributed by atoms with van der Waals surface area (Å²) in [5.41, 5.74) is 0.636. The molecule has 1 aromatic rings. The lowest BCUT2D eigenvalue weighted by atomic mass is 9.81. The van der Waals surface area contributed by atoms with E-state index in [1.807, 2.05) is 6.92 Å². The highest BCUT2D eigenvalue weighted by atomic mass is 16.5. The zero-order valence-corrected chi connectivity index (χ0v) is 9.90. The van der Waals surface area contributed by atoms with Gasteiger partial charge >= 0.3 is 0 Å². The molecule has 1 fully saturated rings. The van der Waals surface area contributed by atoms with Gasteiger partial charge in [0.15, 0.2) is 11.5 Å². The summed E-state index contributed by atoms with van der Waals surface area (Å²) in [5, 5.41) is 4.15. The van der Waals surface area contributed by atoms with Crippen LogP contribution in [-0.4, -0.2) is 22.7 Å². The molecule has 0 aliphatic heterocycles. The maximum absolute atomic E-state index is 12.1. The summed E-state index contributed by atoms with van der Waals surface area (Å²) in [6, 6.07) is 0. The minimum absolute atomic E-state index is 0.168. The lowest BCUT2D eigenvalue weighted by molar-refractivity contribution is 0.0922. The molecule has 1 aliphatic carbocycles. The van der Waals surface area contributed by atoms with Crippen LogP contribution in [0.3, 0.4) is 0 Å². The summed E-state index contributed by atoms with van der Waals surface area (Å²) in [7, 11) is 1.58. The van der Waals surface area contributed by atoms with Crippen LogP contribution < -0.4 is 4.74 Å². The lowest BCUT2D eigenvalue weighted by Gasteiger charge is -2.24. The first-order chi connectivity index (χ1) is 7.76. The van der Waals surface area contributed by atoms with Crippen molar-refractivity contribution in [1.29, 1.82) is 0 Å². The number of carbonyl (C=O) groups is 1. The highest BCUT2D eigenvalue weighted by Crippen LogP contribution is 2.31. The molecule has 1 aromatic heterocycles. The fourth-order valence-corrected chi connectivity index (χ4v) is 2.09. The van der Waals surface area contributed by atoms with Crippen LogP contribution in [0.1, 0.15) is 43.1 Å². The van der Waals surface area contributed by atoms with Crippen molar-refractivity contribution in [2.24, 2.45) is 5.92 Å². The molecular weight excluding hydrogens is 204 g/mol. The van der Waals surface area contributed by atoms with E-state index in [-0.39, 0.29) is 5.78 Å². The Labute approximate surface area is 95.6 Å². The van der Waals surface area contributed by atoms with E-state index in [1.165, 1.54) is 19.3 Å². The van der Waals surface area contributed by atoms with Crippen LogP contribution in [0.4, 0.5) is 0 Å². The Balaban J connectivity index is 2.15. The van der Waals surface area contributed by atoms with Gasteiger partial charge in [-0.3, -0.25) is 9.48 Å². The van der Waals surface area contributed by atoms with Crippen LogP contribution >= 0.6 is 0 Å². The fourth-order valence-electron chi connectivity index (χ4n) is 2.09. The molecule has 0 unspecified atom stereocenters. The molecule has 2 rings (SSSR count). The second kappa shape index (κ2) is 4.68. The van der Waals surface area contributed by atoms with E-state index in [2.05, 4.69) is 5.10 Å². The number of carbonyl (C=O) groups excluding carboxylic acids is 1. The van der Waals surface area contributed by atoms with Crippen LogP contribution in [0.15, 0.2) is 6.20 Å². The third-order valence-electron chi connectivity index (χ3n) is 3.29. The van der Waals surface area contributed by atoms with Crippen LogP contribution in [0, 0.1) is 5.92 Å². The monoisotopic (exact) mass is 222 g/mol. The van der Waals surface area contributed by atoms with Gasteiger partial charge in [-0.05, 0) is 12.8 Å².